The number of phenols is 2. The molecule has 0 heterocycles. The lowest BCUT2D eigenvalue weighted by Gasteiger charge is -2.01. The third kappa shape index (κ3) is 9.61. The Labute approximate surface area is 128 Å². The van der Waals surface area contributed by atoms with Crippen LogP contribution < -0.4 is 0 Å². The molecule has 1 rings (SSSR count). The van der Waals surface area contributed by atoms with Gasteiger partial charge >= 0.3 is 0 Å². The molecule has 0 unspecified atom stereocenters. The van der Waals surface area contributed by atoms with E-state index in [0.29, 0.717) is 0 Å². The third-order valence-electron chi connectivity index (χ3n) is 3.12. The Morgan fingerprint density at radius 2 is 1.24 bits per heavy atom. The van der Waals surface area contributed by atoms with Crippen LogP contribution >= 0.6 is 0 Å². The molecule has 0 fully saturated rings. The first-order chi connectivity index (χ1) is 10.1. The Bertz CT molecular complexity index is 398. The zero-order valence-corrected chi connectivity index (χ0v) is 13.6. The summed E-state index contributed by atoms with van der Waals surface area (Å²) >= 11 is 0. The maximum Gasteiger partial charge on any atom is 0.119 e. The lowest BCUT2D eigenvalue weighted by atomic mass is 10.2. The molecule has 1 aromatic rings. The molecular formula is C18H28O3. The Balaban J connectivity index is 0.000000423. The summed E-state index contributed by atoms with van der Waals surface area (Å²) in [6, 6.07) is 5.85. The molecule has 0 radical (unpaired) electrons. The molecular weight excluding hydrogens is 264 g/mol. The summed E-state index contributed by atoms with van der Waals surface area (Å²) in [4.78, 5) is 0. The maximum absolute atomic E-state index is 8.65. The summed E-state index contributed by atoms with van der Waals surface area (Å²) in [5.74, 6) is 0.176. The molecule has 0 aliphatic rings. The number of ether oxygens (including phenoxy) is 1. The summed E-state index contributed by atoms with van der Waals surface area (Å²) in [6.07, 6.45) is 8.09. The van der Waals surface area contributed by atoms with E-state index in [1.54, 1.807) is 6.07 Å². The predicted octanol–water partition coefficient (Wildman–Crippen LogP) is 5.51. The molecule has 0 bridgehead atoms. The Morgan fingerprint density at radius 3 is 1.48 bits per heavy atom. The number of phenolic OH excluding ortho intramolecular Hbond substituents is 2. The fraction of sp³-hybridized carbons (Fsp3) is 0.444. The summed E-state index contributed by atoms with van der Waals surface area (Å²) < 4.78 is 5.40. The van der Waals surface area contributed by atoms with Gasteiger partial charge in [0, 0.05) is 6.07 Å². The molecule has 0 amide bonds. The van der Waals surface area contributed by atoms with E-state index in [9.17, 15) is 0 Å². The highest BCUT2D eigenvalue weighted by atomic mass is 16.5. The smallest absolute Gasteiger partial charge is 0.119 e. The summed E-state index contributed by atoms with van der Waals surface area (Å²) in [7, 11) is 0. The van der Waals surface area contributed by atoms with Crippen molar-refractivity contribution >= 4 is 0 Å². The first-order valence-corrected chi connectivity index (χ1v) is 7.56. The summed E-state index contributed by atoms with van der Waals surface area (Å²) in [5, 5.41) is 17.3. The van der Waals surface area contributed by atoms with Crippen molar-refractivity contribution in [3.05, 3.63) is 47.9 Å². The molecule has 0 aliphatic carbocycles. The van der Waals surface area contributed by atoms with E-state index in [2.05, 4.69) is 27.7 Å². The van der Waals surface area contributed by atoms with Gasteiger partial charge in [-0.25, -0.2) is 0 Å². The van der Waals surface area contributed by atoms with Gasteiger partial charge in [-0.2, -0.15) is 0 Å². The van der Waals surface area contributed by atoms with Crippen LogP contribution in [0.5, 0.6) is 11.5 Å². The minimum absolute atomic E-state index is 0.0880. The highest BCUT2D eigenvalue weighted by molar-refractivity contribution is 5.30. The Morgan fingerprint density at radius 1 is 0.857 bits per heavy atom. The predicted molar refractivity (Wildman–Crippen MR) is 88.2 cm³/mol. The van der Waals surface area contributed by atoms with Crippen molar-refractivity contribution in [2.75, 3.05) is 0 Å². The average molecular weight is 292 g/mol. The molecule has 3 heteroatoms. The van der Waals surface area contributed by atoms with Crippen LogP contribution in [0.15, 0.2) is 47.9 Å². The monoisotopic (exact) mass is 292 g/mol. The zero-order chi connectivity index (χ0) is 16.1. The number of hydrogen-bond acceptors (Lipinski definition) is 3. The van der Waals surface area contributed by atoms with E-state index < -0.39 is 0 Å². The number of aromatic hydroxyl groups is 2. The molecule has 3 nitrogen and oxygen atoms in total. The quantitative estimate of drug-likeness (QED) is 0.680. The summed E-state index contributed by atoms with van der Waals surface area (Å²) in [6.45, 7) is 8.62. The van der Waals surface area contributed by atoms with Crippen LogP contribution in [-0.4, -0.2) is 10.2 Å². The number of hydrogen-bond donors (Lipinski definition) is 2. The highest BCUT2D eigenvalue weighted by Crippen LogP contribution is 2.14. The Kier molecular flexibility index (Phi) is 10.8. The van der Waals surface area contributed by atoms with Gasteiger partial charge in [0.15, 0.2) is 0 Å². The summed E-state index contributed by atoms with van der Waals surface area (Å²) in [5.41, 5.74) is 2.73. The van der Waals surface area contributed by atoms with Gasteiger partial charge in [0.05, 0.1) is 12.5 Å². The SMILES string of the molecule is CCC(=COC=C(CC)CC)CC.Oc1cccc(O)c1. The van der Waals surface area contributed by atoms with Crippen LogP contribution in [0.2, 0.25) is 0 Å². The number of rotatable bonds is 6. The molecule has 118 valence electrons. The second-order valence-electron chi connectivity index (χ2n) is 4.62. The molecule has 21 heavy (non-hydrogen) atoms. The topological polar surface area (TPSA) is 49.7 Å². The molecule has 1 aromatic carbocycles. The van der Waals surface area contributed by atoms with E-state index >= 15 is 0 Å². The fourth-order valence-electron chi connectivity index (χ4n) is 1.55. The highest BCUT2D eigenvalue weighted by Gasteiger charge is 1.91. The van der Waals surface area contributed by atoms with Gasteiger partial charge in [0.25, 0.3) is 0 Å². The lowest BCUT2D eigenvalue weighted by Crippen LogP contribution is -1.82. The van der Waals surface area contributed by atoms with Crippen molar-refractivity contribution in [3.8, 4) is 11.5 Å². The molecule has 0 atom stereocenters. The lowest BCUT2D eigenvalue weighted by molar-refractivity contribution is 0.387. The first-order valence-electron chi connectivity index (χ1n) is 7.56. The van der Waals surface area contributed by atoms with Gasteiger partial charge in [0.1, 0.15) is 11.5 Å². The van der Waals surface area contributed by atoms with E-state index in [1.807, 2.05) is 12.5 Å². The van der Waals surface area contributed by atoms with E-state index in [-0.39, 0.29) is 11.5 Å². The van der Waals surface area contributed by atoms with Gasteiger partial charge in [-0.3, -0.25) is 0 Å². The minimum Gasteiger partial charge on any atom is -0.508 e. The third-order valence-corrected chi connectivity index (χ3v) is 3.12. The van der Waals surface area contributed by atoms with Crippen LogP contribution in [0.4, 0.5) is 0 Å². The van der Waals surface area contributed by atoms with Crippen molar-refractivity contribution < 1.29 is 14.9 Å². The molecule has 2 N–H and O–H groups in total. The van der Waals surface area contributed by atoms with Crippen LogP contribution in [0.1, 0.15) is 53.4 Å². The second-order valence-corrected chi connectivity index (χ2v) is 4.62. The van der Waals surface area contributed by atoms with E-state index in [1.165, 1.54) is 29.3 Å². The van der Waals surface area contributed by atoms with Crippen molar-refractivity contribution in [1.82, 2.24) is 0 Å². The van der Waals surface area contributed by atoms with Crippen molar-refractivity contribution in [2.24, 2.45) is 0 Å². The van der Waals surface area contributed by atoms with E-state index in [4.69, 9.17) is 14.9 Å². The molecule has 0 aliphatic heterocycles. The van der Waals surface area contributed by atoms with Gasteiger partial charge in [-0.15, -0.1) is 0 Å². The van der Waals surface area contributed by atoms with Gasteiger partial charge in [0.2, 0.25) is 0 Å². The van der Waals surface area contributed by atoms with Crippen LogP contribution in [0, 0.1) is 0 Å². The minimum atomic E-state index is 0.0880. The van der Waals surface area contributed by atoms with Crippen molar-refractivity contribution in [2.45, 2.75) is 53.4 Å². The van der Waals surface area contributed by atoms with Crippen molar-refractivity contribution in [3.63, 3.8) is 0 Å². The molecule has 0 spiro atoms. The fourth-order valence-corrected chi connectivity index (χ4v) is 1.55. The molecule has 0 saturated heterocycles. The van der Waals surface area contributed by atoms with Crippen LogP contribution in [-0.2, 0) is 4.74 Å². The zero-order valence-electron chi connectivity index (χ0n) is 13.6. The van der Waals surface area contributed by atoms with Gasteiger partial charge < -0.3 is 14.9 Å². The van der Waals surface area contributed by atoms with Gasteiger partial charge in [-0.05, 0) is 49.0 Å². The largest absolute Gasteiger partial charge is 0.508 e. The maximum atomic E-state index is 8.65. The molecule has 0 aromatic heterocycles. The average Bonchev–Trinajstić information content (AvgIpc) is 2.48. The van der Waals surface area contributed by atoms with Crippen molar-refractivity contribution in [1.29, 1.82) is 0 Å². The van der Waals surface area contributed by atoms with E-state index in [0.717, 1.165) is 25.7 Å². The standard InChI is InChI=1S/C12H22O.C6H6O2/c1-5-11(6-2)9-13-10-12(7-3)8-4;7-5-2-1-3-6(8)4-5/h9-10H,5-8H2,1-4H3;1-4,7-8H. The number of benzene rings is 1. The number of allylic oxidation sites excluding steroid dienone is 2. The normalized spacial score (nSPS) is 9.14. The molecule has 0 saturated carbocycles. The van der Waals surface area contributed by atoms with Crippen LogP contribution in [0.25, 0.3) is 0 Å². The Hall–Kier alpha value is -1.90. The second kappa shape index (κ2) is 11.9. The van der Waals surface area contributed by atoms with Crippen LogP contribution in [0.3, 0.4) is 0 Å². The first kappa shape index (κ1) is 19.1. The van der Waals surface area contributed by atoms with Gasteiger partial charge in [-0.1, -0.05) is 33.8 Å².